The Morgan fingerprint density at radius 3 is 2.78 bits per heavy atom. The van der Waals surface area contributed by atoms with E-state index in [0.29, 0.717) is 30.6 Å². The normalized spacial score (nSPS) is 29.1. The Bertz CT molecular complexity index is 1080. The van der Waals surface area contributed by atoms with Crippen LogP contribution in [0.5, 0.6) is 0 Å². The number of rotatable bonds is 5. The molecule has 0 spiro atoms. The first-order valence-corrected chi connectivity index (χ1v) is 12.6. The van der Waals surface area contributed by atoms with E-state index in [0.717, 1.165) is 38.3 Å². The van der Waals surface area contributed by atoms with Crippen LogP contribution in [0.1, 0.15) is 55.0 Å². The van der Waals surface area contributed by atoms with Gasteiger partial charge in [0.2, 0.25) is 5.91 Å². The fourth-order valence-corrected chi connectivity index (χ4v) is 5.92. The molecule has 1 aliphatic carbocycles. The molecule has 1 aromatic heterocycles. The summed E-state index contributed by atoms with van der Waals surface area (Å²) in [5.74, 6) is -0.406. The number of hydrogen-bond acceptors (Lipinski definition) is 5. The van der Waals surface area contributed by atoms with E-state index in [4.69, 9.17) is 0 Å². The van der Waals surface area contributed by atoms with E-state index in [9.17, 15) is 22.4 Å². The number of fused-ring (bicyclic) bond motifs is 1. The second kappa shape index (κ2) is 10.4. The minimum Gasteiger partial charge on any atom is -0.352 e. The number of pyridine rings is 1. The number of alkyl halides is 3. The van der Waals surface area contributed by atoms with Gasteiger partial charge in [0.25, 0.3) is 0 Å². The van der Waals surface area contributed by atoms with Crippen LogP contribution in [-0.2, 0) is 17.5 Å². The van der Waals surface area contributed by atoms with Gasteiger partial charge in [0.1, 0.15) is 11.5 Å². The lowest BCUT2D eigenvalue weighted by Crippen LogP contribution is -2.50. The maximum Gasteiger partial charge on any atom is 0.433 e. The predicted molar refractivity (Wildman–Crippen MR) is 126 cm³/mol. The molecule has 4 unspecified atom stereocenters. The lowest BCUT2D eigenvalue weighted by Gasteiger charge is -2.36. The van der Waals surface area contributed by atoms with Crippen molar-refractivity contribution in [2.45, 2.75) is 63.0 Å². The van der Waals surface area contributed by atoms with Gasteiger partial charge in [0.05, 0.1) is 6.04 Å². The predicted octanol–water partition coefficient (Wildman–Crippen LogP) is 3.95. The van der Waals surface area contributed by atoms with Crippen molar-refractivity contribution in [3.63, 3.8) is 0 Å². The third-order valence-electron chi connectivity index (χ3n) is 7.76. The number of likely N-dealkylation sites (tertiary alicyclic amines) is 1. The van der Waals surface area contributed by atoms with Gasteiger partial charge in [-0.3, -0.25) is 20.1 Å². The number of benzene rings is 1. The molecule has 194 valence electrons. The smallest absolute Gasteiger partial charge is 0.352 e. The fourth-order valence-electron chi connectivity index (χ4n) is 5.92. The third kappa shape index (κ3) is 5.55. The highest BCUT2D eigenvalue weighted by Crippen LogP contribution is 2.41. The van der Waals surface area contributed by atoms with Crippen molar-refractivity contribution in [3.8, 4) is 0 Å². The summed E-state index contributed by atoms with van der Waals surface area (Å²) in [6.45, 7) is 2.04. The van der Waals surface area contributed by atoms with Crippen molar-refractivity contribution in [1.82, 2.24) is 26.1 Å². The Kier molecular flexibility index (Phi) is 7.28. The van der Waals surface area contributed by atoms with E-state index in [1.807, 2.05) is 6.07 Å². The van der Waals surface area contributed by atoms with Gasteiger partial charge >= 0.3 is 6.18 Å². The Morgan fingerprint density at radius 2 is 1.97 bits per heavy atom. The average Bonchev–Trinajstić information content (AvgIpc) is 3.29. The second-order valence-corrected chi connectivity index (χ2v) is 10.2. The average molecular weight is 506 g/mol. The molecule has 1 amide bonds. The first-order valence-electron chi connectivity index (χ1n) is 12.6. The first-order chi connectivity index (χ1) is 17.3. The van der Waals surface area contributed by atoms with Crippen LogP contribution in [0.15, 0.2) is 42.6 Å². The van der Waals surface area contributed by atoms with Crippen molar-refractivity contribution < 1.29 is 22.4 Å². The lowest BCUT2D eigenvalue weighted by atomic mass is 9.74. The van der Waals surface area contributed by atoms with Gasteiger partial charge in [-0.1, -0.05) is 18.2 Å². The molecule has 0 bridgehead atoms. The van der Waals surface area contributed by atoms with Crippen LogP contribution in [0.25, 0.3) is 0 Å². The van der Waals surface area contributed by atoms with Crippen LogP contribution in [0.3, 0.4) is 0 Å². The summed E-state index contributed by atoms with van der Waals surface area (Å²) in [6.07, 6.45) is 0.580. The van der Waals surface area contributed by atoms with Crippen LogP contribution in [-0.4, -0.2) is 41.0 Å². The van der Waals surface area contributed by atoms with E-state index >= 15 is 0 Å². The molecule has 2 aliphatic heterocycles. The molecule has 5 rings (SSSR count). The minimum atomic E-state index is -4.50. The first kappa shape index (κ1) is 25.1. The van der Waals surface area contributed by atoms with Crippen molar-refractivity contribution >= 4 is 5.91 Å². The highest BCUT2D eigenvalue weighted by Gasteiger charge is 2.44. The van der Waals surface area contributed by atoms with Gasteiger partial charge in [-0.05, 0) is 68.3 Å². The molecule has 0 radical (unpaired) electrons. The van der Waals surface area contributed by atoms with E-state index in [1.54, 1.807) is 18.2 Å². The maximum absolute atomic E-state index is 14.1. The quantitative estimate of drug-likeness (QED) is 0.537. The molecule has 36 heavy (non-hydrogen) atoms. The van der Waals surface area contributed by atoms with Crippen molar-refractivity contribution in [2.75, 3.05) is 13.1 Å². The highest BCUT2D eigenvalue weighted by atomic mass is 19.4. The molecule has 3 N–H and O–H groups in total. The molecular formula is C26H31F4N5O. The molecular weight excluding hydrogens is 474 g/mol. The van der Waals surface area contributed by atoms with Crippen LogP contribution in [0.2, 0.25) is 0 Å². The van der Waals surface area contributed by atoms with Gasteiger partial charge < -0.3 is 5.32 Å². The Hall–Kier alpha value is -2.56. The molecule has 2 aromatic rings. The number of carbonyl (C=O) groups excluding carboxylic acids is 1. The third-order valence-corrected chi connectivity index (χ3v) is 7.76. The van der Waals surface area contributed by atoms with Gasteiger partial charge in [-0.25, -0.2) is 9.82 Å². The summed E-state index contributed by atoms with van der Waals surface area (Å²) in [4.78, 5) is 18.9. The van der Waals surface area contributed by atoms with Crippen LogP contribution < -0.4 is 16.2 Å². The second-order valence-electron chi connectivity index (χ2n) is 10.2. The number of amides is 1. The molecule has 3 heterocycles. The summed E-state index contributed by atoms with van der Waals surface area (Å²) >= 11 is 0. The Labute approximate surface area is 207 Å². The summed E-state index contributed by atoms with van der Waals surface area (Å²) in [5.41, 5.74) is 6.64. The van der Waals surface area contributed by atoms with Crippen molar-refractivity contribution in [3.05, 3.63) is 65.2 Å². The van der Waals surface area contributed by atoms with Crippen LogP contribution in [0.4, 0.5) is 17.6 Å². The summed E-state index contributed by atoms with van der Waals surface area (Å²) < 4.78 is 53.6. The largest absolute Gasteiger partial charge is 0.433 e. The van der Waals surface area contributed by atoms with Crippen molar-refractivity contribution in [1.29, 1.82) is 0 Å². The van der Waals surface area contributed by atoms with Crippen molar-refractivity contribution in [2.24, 2.45) is 11.8 Å². The molecule has 10 heteroatoms. The van der Waals surface area contributed by atoms with Gasteiger partial charge in [0.15, 0.2) is 0 Å². The Balaban J connectivity index is 1.20. The number of hydrazine groups is 1. The molecule has 1 aromatic carbocycles. The van der Waals surface area contributed by atoms with Crippen LogP contribution >= 0.6 is 0 Å². The zero-order chi connectivity index (χ0) is 25.3. The number of piperidine rings is 1. The molecule has 3 aliphatic rings. The van der Waals surface area contributed by atoms with Gasteiger partial charge in [0, 0.05) is 42.9 Å². The van der Waals surface area contributed by atoms with Gasteiger partial charge in [-0.2, -0.15) is 13.2 Å². The number of aromatic nitrogens is 1. The SMILES string of the molecule is O=C(N[C@@H]1CCCN(Cc2ccccc2F)C1)C1CCC2NNC(c3ccnc(C(F)(F)F)c3)C2C1. The topological polar surface area (TPSA) is 69.3 Å². The van der Waals surface area contributed by atoms with Crippen LogP contribution in [0, 0.1) is 17.7 Å². The number of hydrogen-bond donors (Lipinski definition) is 3. The molecule has 6 nitrogen and oxygen atoms in total. The number of halogens is 4. The zero-order valence-electron chi connectivity index (χ0n) is 19.9. The monoisotopic (exact) mass is 505 g/mol. The summed E-state index contributed by atoms with van der Waals surface area (Å²) in [5, 5.41) is 3.21. The van der Waals surface area contributed by atoms with E-state index in [2.05, 4.69) is 26.1 Å². The minimum absolute atomic E-state index is 0.000846. The number of nitrogens with zero attached hydrogens (tertiary/aromatic N) is 2. The highest BCUT2D eigenvalue weighted by molar-refractivity contribution is 5.79. The molecule has 5 atom stereocenters. The number of carbonyl (C=O) groups is 1. The van der Waals surface area contributed by atoms with Gasteiger partial charge in [-0.15, -0.1) is 0 Å². The molecule has 2 saturated heterocycles. The zero-order valence-corrected chi connectivity index (χ0v) is 19.9. The van der Waals surface area contributed by atoms with E-state index in [-0.39, 0.29) is 41.7 Å². The summed E-state index contributed by atoms with van der Waals surface area (Å²) in [7, 11) is 0. The fraction of sp³-hybridized carbons (Fsp3) is 0.538. The maximum atomic E-state index is 14.1. The lowest BCUT2D eigenvalue weighted by molar-refractivity contribution is -0.141. The van der Waals surface area contributed by atoms with E-state index < -0.39 is 11.9 Å². The Morgan fingerprint density at radius 1 is 1.14 bits per heavy atom. The number of nitrogens with one attached hydrogen (secondary N) is 3. The molecule has 1 saturated carbocycles. The van der Waals surface area contributed by atoms with E-state index in [1.165, 1.54) is 12.3 Å². The standard InChI is InChI=1S/C26H31F4N5O/c27-21-6-2-1-4-18(21)14-35-11-3-5-19(15-35)32-25(36)17-7-8-22-20(12-17)24(34-33-22)16-9-10-31-23(13-16)26(28,29)30/h1-2,4,6,9-10,13,17,19-20,22,24,33-34H,3,5,7-8,11-12,14-15H2,(H,32,36)/t17?,19-,20?,22?,24?/m1/s1. The summed E-state index contributed by atoms with van der Waals surface area (Å²) in [6, 6.07) is 9.24. The molecule has 3 fully saturated rings.